The first-order valence-corrected chi connectivity index (χ1v) is 6.65. The van der Waals surface area contributed by atoms with Crippen molar-refractivity contribution < 1.29 is 18.0 Å². The molecule has 1 saturated carbocycles. The number of carbonyl (C=O) groups is 1. The van der Waals surface area contributed by atoms with Crippen LogP contribution in [0.5, 0.6) is 0 Å². The summed E-state index contributed by atoms with van der Waals surface area (Å²) in [6, 6.07) is 5.45. The lowest BCUT2D eigenvalue weighted by Crippen LogP contribution is -2.21. The van der Waals surface area contributed by atoms with E-state index in [0.717, 1.165) is 38.2 Å². The molecule has 19 heavy (non-hydrogen) atoms. The van der Waals surface area contributed by atoms with Gasteiger partial charge in [0.2, 0.25) is 0 Å². The molecule has 0 heterocycles. The lowest BCUT2D eigenvalue weighted by molar-refractivity contribution is -0.138. The van der Waals surface area contributed by atoms with Crippen LogP contribution < -0.4 is 0 Å². The van der Waals surface area contributed by atoms with Crippen molar-refractivity contribution in [3.63, 3.8) is 0 Å². The fourth-order valence-corrected chi connectivity index (χ4v) is 2.98. The highest BCUT2D eigenvalue weighted by Gasteiger charge is 2.36. The fourth-order valence-electron chi connectivity index (χ4n) is 2.98. The molecule has 1 aliphatic carbocycles. The Labute approximate surface area is 110 Å². The van der Waals surface area contributed by atoms with Crippen molar-refractivity contribution in [2.45, 2.75) is 44.2 Å². The van der Waals surface area contributed by atoms with Gasteiger partial charge in [-0.15, -0.1) is 0 Å². The molecule has 0 N–H and O–H groups in total. The predicted octanol–water partition coefficient (Wildman–Crippen LogP) is 4.57. The van der Waals surface area contributed by atoms with E-state index in [0.29, 0.717) is 6.29 Å². The van der Waals surface area contributed by atoms with Crippen LogP contribution in [0.2, 0.25) is 0 Å². The van der Waals surface area contributed by atoms with E-state index in [1.165, 1.54) is 12.1 Å². The van der Waals surface area contributed by atoms with Crippen LogP contribution >= 0.6 is 0 Å². The summed E-state index contributed by atoms with van der Waals surface area (Å²) in [5, 5.41) is 0. The summed E-state index contributed by atoms with van der Waals surface area (Å²) in [4.78, 5) is 11.3. The molecule has 1 atom stereocenters. The SMILES string of the molecule is O=CC(c1ccccc1C(F)(F)F)C1CCCCC1. The molecule has 1 nitrogen and oxygen atoms in total. The van der Waals surface area contributed by atoms with Crippen LogP contribution in [-0.2, 0) is 11.0 Å². The molecule has 1 aliphatic rings. The maximum absolute atomic E-state index is 13.0. The molecule has 0 saturated heterocycles. The van der Waals surface area contributed by atoms with Gasteiger partial charge in [0.05, 0.1) is 5.56 Å². The molecule has 0 aliphatic heterocycles. The Morgan fingerprint density at radius 1 is 1.11 bits per heavy atom. The maximum Gasteiger partial charge on any atom is 0.416 e. The molecule has 1 fully saturated rings. The molecular formula is C15H17F3O. The standard InChI is InChI=1S/C15H17F3O/c16-15(17,18)14-9-5-4-8-12(14)13(10-19)11-6-2-1-3-7-11/h4-5,8-11,13H,1-3,6-7H2. The Morgan fingerprint density at radius 3 is 2.32 bits per heavy atom. The number of hydrogen-bond donors (Lipinski definition) is 0. The third-order valence-corrected chi connectivity index (χ3v) is 3.93. The van der Waals surface area contributed by atoms with Gasteiger partial charge in [-0.05, 0) is 30.4 Å². The highest BCUT2D eigenvalue weighted by atomic mass is 19.4. The highest BCUT2D eigenvalue weighted by Crippen LogP contribution is 2.40. The van der Waals surface area contributed by atoms with Crippen molar-refractivity contribution in [2.24, 2.45) is 5.92 Å². The first kappa shape index (κ1) is 14.1. The van der Waals surface area contributed by atoms with Gasteiger partial charge in [-0.25, -0.2) is 0 Å². The Balaban J connectivity index is 2.35. The molecule has 0 aromatic heterocycles. The smallest absolute Gasteiger partial charge is 0.303 e. The van der Waals surface area contributed by atoms with Crippen LogP contribution in [-0.4, -0.2) is 6.29 Å². The van der Waals surface area contributed by atoms with Crippen LogP contribution in [0.1, 0.15) is 49.1 Å². The second kappa shape index (κ2) is 5.76. The summed E-state index contributed by atoms with van der Waals surface area (Å²) in [5.41, 5.74) is -0.533. The molecule has 2 rings (SSSR count). The predicted molar refractivity (Wildman–Crippen MR) is 66.8 cm³/mol. The van der Waals surface area contributed by atoms with Crippen molar-refractivity contribution in [1.29, 1.82) is 0 Å². The number of aldehydes is 1. The lowest BCUT2D eigenvalue weighted by atomic mass is 9.76. The summed E-state index contributed by atoms with van der Waals surface area (Å²) in [6.07, 6.45) is 1.10. The third kappa shape index (κ3) is 3.17. The van der Waals surface area contributed by atoms with E-state index in [9.17, 15) is 18.0 Å². The minimum absolute atomic E-state index is 0.0507. The quantitative estimate of drug-likeness (QED) is 0.735. The van der Waals surface area contributed by atoms with Crippen molar-refractivity contribution in [3.8, 4) is 0 Å². The van der Waals surface area contributed by atoms with Crippen LogP contribution in [0.15, 0.2) is 24.3 Å². The first-order chi connectivity index (χ1) is 9.04. The normalized spacial score (nSPS) is 19.1. The molecule has 0 radical (unpaired) electrons. The second-order valence-electron chi connectivity index (χ2n) is 5.14. The van der Waals surface area contributed by atoms with E-state index in [1.807, 2.05) is 0 Å². The fraction of sp³-hybridized carbons (Fsp3) is 0.533. The molecule has 1 aromatic rings. The van der Waals surface area contributed by atoms with Gasteiger partial charge in [-0.1, -0.05) is 37.5 Å². The zero-order valence-electron chi connectivity index (χ0n) is 10.6. The van der Waals surface area contributed by atoms with E-state index < -0.39 is 17.7 Å². The van der Waals surface area contributed by atoms with Crippen LogP contribution in [0.25, 0.3) is 0 Å². The van der Waals surface area contributed by atoms with Gasteiger partial charge in [0.15, 0.2) is 0 Å². The Kier molecular flexibility index (Phi) is 4.27. The second-order valence-corrected chi connectivity index (χ2v) is 5.14. The topological polar surface area (TPSA) is 17.1 Å². The number of benzene rings is 1. The largest absolute Gasteiger partial charge is 0.416 e. The highest BCUT2D eigenvalue weighted by molar-refractivity contribution is 5.64. The summed E-state index contributed by atoms with van der Waals surface area (Å²) >= 11 is 0. The van der Waals surface area contributed by atoms with Crippen molar-refractivity contribution in [2.75, 3.05) is 0 Å². The summed E-state index contributed by atoms with van der Waals surface area (Å²) < 4.78 is 39.0. The average molecular weight is 270 g/mol. The van der Waals surface area contributed by atoms with Crippen LogP contribution in [0.4, 0.5) is 13.2 Å². The lowest BCUT2D eigenvalue weighted by Gasteiger charge is -2.28. The summed E-state index contributed by atoms with van der Waals surface area (Å²) in [7, 11) is 0. The summed E-state index contributed by atoms with van der Waals surface area (Å²) in [5.74, 6) is -0.576. The Morgan fingerprint density at radius 2 is 1.74 bits per heavy atom. The van der Waals surface area contributed by atoms with Crippen LogP contribution in [0.3, 0.4) is 0 Å². The minimum Gasteiger partial charge on any atom is -0.303 e. The number of alkyl halides is 3. The molecule has 4 heteroatoms. The Bertz CT molecular complexity index is 433. The van der Waals surface area contributed by atoms with Gasteiger partial charge in [0.25, 0.3) is 0 Å². The molecular weight excluding hydrogens is 253 g/mol. The van der Waals surface area contributed by atoms with Crippen molar-refractivity contribution in [3.05, 3.63) is 35.4 Å². The van der Waals surface area contributed by atoms with Crippen molar-refractivity contribution >= 4 is 6.29 Å². The Hall–Kier alpha value is -1.32. The van der Waals surface area contributed by atoms with E-state index >= 15 is 0 Å². The van der Waals surface area contributed by atoms with Crippen molar-refractivity contribution in [1.82, 2.24) is 0 Å². The zero-order valence-corrected chi connectivity index (χ0v) is 10.6. The van der Waals surface area contributed by atoms with Gasteiger partial charge in [0.1, 0.15) is 6.29 Å². The van der Waals surface area contributed by atoms with E-state index in [4.69, 9.17) is 0 Å². The average Bonchev–Trinajstić information content (AvgIpc) is 2.40. The number of hydrogen-bond acceptors (Lipinski definition) is 1. The third-order valence-electron chi connectivity index (χ3n) is 3.93. The molecule has 0 amide bonds. The molecule has 104 valence electrons. The van der Waals surface area contributed by atoms with E-state index in [1.54, 1.807) is 6.07 Å². The van der Waals surface area contributed by atoms with Gasteiger partial charge in [-0.3, -0.25) is 0 Å². The monoisotopic (exact) mass is 270 g/mol. The first-order valence-electron chi connectivity index (χ1n) is 6.65. The maximum atomic E-state index is 13.0. The minimum atomic E-state index is -4.40. The molecule has 0 bridgehead atoms. The number of carbonyl (C=O) groups excluding carboxylic acids is 1. The van der Waals surface area contributed by atoms with Crippen LogP contribution in [0, 0.1) is 5.92 Å². The molecule has 0 spiro atoms. The summed E-state index contributed by atoms with van der Waals surface area (Å²) in [6.45, 7) is 0. The number of rotatable bonds is 3. The van der Waals surface area contributed by atoms with E-state index in [-0.39, 0.29) is 11.5 Å². The molecule has 1 unspecified atom stereocenters. The van der Waals surface area contributed by atoms with Gasteiger partial charge in [0, 0.05) is 5.92 Å². The van der Waals surface area contributed by atoms with E-state index in [2.05, 4.69) is 0 Å². The van der Waals surface area contributed by atoms with Gasteiger partial charge in [-0.2, -0.15) is 13.2 Å². The molecule has 1 aromatic carbocycles. The zero-order chi connectivity index (χ0) is 13.9. The van der Waals surface area contributed by atoms with Gasteiger partial charge >= 0.3 is 6.18 Å². The van der Waals surface area contributed by atoms with Gasteiger partial charge < -0.3 is 4.79 Å². The number of halogens is 3.